The molecule has 0 heterocycles. The lowest BCUT2D eigenvalue weighted by Crippen LogP contribution is -2.50. The van der Waals surface area contributed by atoms with Crippen LogP contribution < -0.4 is 0 Å². The third kappa shape index (κ3) is 1.44. The molecule has 0 saturated heterocycles. The molecule has 0 radical (unpaired) electrons. The average molecular weight is 208 g/mol. The van der Waals surface area contributed by atoms with Crippen LogP contribution in [0.4, 0.5) is 0 Å². The Balaban J connectivity index is 2.33. The second-order valence-corrected chi connectivity index (χ2v) is 4.43. The summed E-state index contributed by atoms with van der Waals surface area (Å²) in [6, 6.07) is 0. The third-order valence-electron chi connectivity index (χ3n) is 3.46. The number of rotatable bonds is 0. The number of Topliss-reactive ketones (excluding diaryl/α,β-unsaturated/α-hetero) is 4. The summed E-state index contributed by atoms with van der Waals surface area (Å²) in [5.74, 6) is -3.50. The molecule has 0 aromatic carbocycles. The number of carbonyl (C=O) groups excluding carboxylic acids is 4. The third-order valence-corrected chi connectivity index (χ3v) is 3.46. The molecule has 4 nitrogen and oxygen atoms in total. The van der Waals surface area contributed by atoms with Crippen LogP contribution in [0.15, 0.2) is 0 Å². The minimum Gasteiger partial charge on any atom is -0.290 e. The van der Waals surface area contributed by atoms with Gasteiger partial charge in [0, 0.05) is 11.8 Å². The Morgan fingerprint density at radius 1 is 0.800 bits per heavy atom. The van der Waals surface area contributed by atoms with E-state index in [1.807, 2.05) is 0 Å². The van der Waals surface area contributed by atoms with Crippen molar-refractivity contribution < 1.29 is 19.2 Å². The summed E-state index contributed by atoms with van der Waals surface area (Å²) in [5.41, 5.74) is -0.819. The van der Waals surface area contributed by atoms with Crippen LogP contribution in [0.25, 0.3) is 0 Å². The Labute approximate surface area is 87.0 Å². The summed E-state index contributed by atoms with van der Waals surface area (Å²) in [7, 11) is 0. The predicted molar refractivity (Wildman–Crippen MR) is 50.2 cm³/mol. The summed E-state index contributed by atoms with van der Waals surface area (Å²) >= 11 is 0. The van der Waals surface area contributed by atoms with E-state index in [-0.39, 0.29) is 6.42 Å². The van der Waals surface area contributed by atoms with E-state index < -0.39 is 28.5 Å². The van der Waals surface area contributed by atoms with E-state index in [0.717, 1.165) is 19.3 Å². The molecule has 0 N–H and O–H groups in total. The van der Waals surface area contributed by atoms with Crippen molar-refractivity contribution in [2.75, 3.05) is 0 Å². The van der Waals surface area contributed by atoms with E-state index in [2.05, 4.69) is 0 Å². The second-order valence-electron chi connectivity index (χ2n) is 4.43. The number of hydrogen-bond donors (Lipinski definition) is 0. The van der Waals surface area contributed by atoms with Crippen molar-refractivity contribution in [3.63, 3.8) is 0 Å². The van der Waals surface area contributed by atoms with Crippen molar-refractivity contribution in [3.8, 4) is 0 Å². The smallest absolute Gasteiger partial charge is 0.272 e. The Kier molecular flexibility index (Phi) is 2.29. The van der Waals surface area contributed by atoms with Crippen molar-refractivity contribution in [3.05, 3.63) is 0 Å². The molecular formula is C11H12O4. The largest absolute Gasteiger partial charge is 0.290 e. The van der Waals surface area contributed by atoms with Gasteiger partial charge in [-0.25, -0.2) is 0 Å². The lowest BCUT2D eigenvalue weighted by molar-refractivity contribution is -0.157. The van der Waals surface area contributed by atoms with Gasteiger partial charge in [-0.1, -0.05) is 19.3 Å². The highest BCUT2D eigenvalue weighted by molar-refractivity contribution is 6.80. The first-order valence-electron chi connectivity index (χ1n) is 5.23. The first kappa shape index (κ1) is 10.2. The zero-order chi connectivity index (χ0) is 11.1. The molecule has 4 heteroatoms. The second kappa shape index (κ2) is 3.36. The van der Waals surface area contributed by atoms with E-state index in [4.69, 9.17) is 0 Å². The SMILES string of the molecule is O=C1CC2(CCCCC2)C(=O)C(=O)C1=O. The van der Waals surface area contributed by atoms with Gasteiger partial charge >= 0.3 is 0 Å². The molecule has 0 aliphatic heterocycles. The van der Waals surface area contributed by atoms with E-state index in [9.17, 15) is 19.2 Å². The highest BCUT2D eigenvalue weighted by Crippen LogP contribution is 2.42. The van der Waals surface area contributed by atoms with Crippen LogP contribution in [0.5, 0.6) is 0 Å². The summed E-state index contributed by atoms with van der Waals surface area (Å²) in [6.07, 6.45) is 3.87. The van der Waals surface area contributed by atoms with Crippen LogP contribution in [0.3, 0.4) is 0 Å². The van der Waals surface area contributed by atoms with Gasteiger partial charge in [-0.15, -0.1) is 0 Å². The highest BCUT2D eigenvalue weighted by atomic mass is 16.2. The first-order chi connectivity index (χ1) is 7.07. The van der Waals surface area contributed by atoms with Gasteiger partial charge < -0.3 is 0 Å². The minimum absolute atomic E-state index is 0.0452. The first-order valence-corrected chi connectivity index (χ1v) is 5.23. The number of hydrogen-bond acceptors (Lipinski definition) is 4. The highest BCUT2D eigenvalue weighted by Gasteiger charge is 2.51. The maximum atomic E-state index is 11.7. The molecule has 2 rings (SSSR count). The Morgan fingerprint density at radius 3 is 2.00 bits per heavy atom. The van der Waals surface area contributed by atoms with Gasteiger partial charge in [0.1, 0.15) is 0 Å². The van der Waals surface area contributed by atoms with Gasteiger partial charge in [-0.2, -0.15) is 0 Å². The monoisotopic (exact) mass is 208 g/mol. The normalized spacial score (nSPS) is 26.1. The van der Waals surface area contributed by atoms with Crippen LogP contribution in [-0.4, -0.2) is 23.1 Å². The molecule has 0 atom stereocenters. The Morgan fingerprint density at radius 2 is 1.40 bits per heavy atom. The van der Waals surface area contributed by atoms with Gasteiger partial charge in [0.05, 0.1) is 0 Å². The van der Waals surface area contributed by atoms with Crippen molar-refractivity contribution in [1.29, 1.82) is 0 Å². The molecule has 15 heavy (non-hydrogen) atoms. The molecule has 2 aliphatic rings. The van der Waals surface area contributed by atoms with Crippen molar-refractivity contribution in [2.45, 2.75) is 38.5 Å². The minimum atomic E-state index is -1.11. The van der Waals surface area contributed by atoms with Gasteiger partial charge in [-0.05, 0) is 12.8 Å². The lowest BCUT2D eigenvalue weighted by Gasteiger charge is -2.36. The molecule has 2 aliphatic carbocycles. The standard InChI is InChI=1S/C11H12O4/c12-7-6-11(4-2-1-3-5-11)10(15)9(14)8(7)13/h1-6H2. The summed E-state index contributed by atoms with van der Waals surface area (Å²) in [4.78, 5) is 45.4. The van der Waals surface area contributed by atoms with E-state index in [1.165, 1.54) is 0 Å². The molecule has 0 bridgehead atoms. The molecule has 1 spiro atoms. The summed E-state index contributed by atoms with van der Waals surface area (Å²) < 4.78 is 0. The summed E-state index contributed by atoms with van der Waals surface area (Å²) in [5, 5.41) is 0. The fraction of sp³-hybridized carbons (Fsp3) is 0.636. The average Bonchev–Trinajstić information content (AvgIpc) is 2.25. The van der Waals surface area contributed by atoms with Crippen LogP contribution in [-0.2, 0) is 19.2 Å². The van der Waals surface area contributed by atoms with Gasteiger partial charge in [0.15, 0.2) is 0 Å². The molecule has 0 unspecified atom stereocenters. The van der Waals surface area contributed by atoms with Crippen molar-refractivity contribution in [2.24, 2.45) is 5.41 Å². The summed E-state index contributed by atoms with van der Waals surface area (Å²) in [6.45, 7) is 0. The van der Waals surface area contributed by atoms with E-state index in [1.54, 1.807) is 0 Å². The quantitative estimate of drug-likeness (QED) is 0.547. The van der Waals surface area contributed by atoms with E-state index in [0.29, 0.717) is 12.8 Å². The van der Waals surface area contributed by atoms with E-state index >= 15 is 0 Å². The number of ketones is 4. The van der Waals surface area contributed by atoms with Crippen molar-refractivity contribution in [1.82, 2.24) is 0 Å². The topological polar surface area (TPSA) is 68.3 Å². The molecular weight excluding hydrogens is 196 g/mol. The fourth-order valence-corrected chi connectivity index (χ4v) is 2.57. The number of carbonyl (C=O) groups is 4. The molecule has 2 saturated carbocycles. The van der Waals surface area contributed by atoms with Gasteiger partial charge in [0.2, 0.25) is 11.6 Å². The predicted octanol–water partition coefficient (Wildman–Crippen LogP) is 0.617. The Hall–Kier alpha value is -1.32. The maximum absolute atomic E-state index is 11.7. The molecule has 2 fully saturated rings. The van der Waals surface area contributed by atoms with Crippen LogP contribution in [0.1, 0.15) is 38.5 Å². The maximum Gasteiger partial charge on any atom is 0.272 e. The fourth-order valence-electron chi connectivity index (χ4n) is 2.57. The Bertz CT molecular complexity index is 361. The zero-order valence-corrected chi connectivity index (χ0v) is 8.38. The molecule has 0 amide bonds. The van der Waals surface area contributed by atoms with Gasteiger partial charge in [-0.3, -0.25) is 19.2 Å². The van der Waals surface area contributed by atoms with Crippen LogP contribution >= 0.6 is 0 Å². The molecule has 80 valence electrons. The van der Waals surface area contributed by atoms with Crippen molar-refractivity contribution >= 4 is 23.1 Å². The van der Waals surface area contributed by atoms with Crippen LogP contribution in [0, 0.1) is 5.41 Å². The van der Waals surface area contributed by atoms with Crippen LogP contribution in [0.2, 0.25) is 0 Å². The zero-order valence-electron chi connectivity index (χ0n) is 8.38. The molecule has 0 aromatic rings. The van der Waals surface area contributed by atoms with Gasteiger partial charge in [0.25, 0.3) is 11.6 Å². The lowest BCUT2D eigenvalue weighted by atomic mass is 9.63. The molecule has 0 aromatic heterocycles.